The van der Waals surface area contributed by atoms with Crippen molar-refractivity contribution in [1.82, 2.24) is 0 Å². The van der Waals surface area contributed by atoms with Crippen LogP contribution < -0.4 is 5.32 Å². The minimum absolute atomic E-state index is 1.05. The average Bonchev–Trinajstić information content (AvgIpc) is 3.52. The third-order valence-electron chi connectivity index (χ3n) is 7.05. The van der Waals surface area contributed by atoms with E-state index >= 15 is 0 Å². The molecule has 4 aromatic carbocycles. The Labute approximate surface area is 215 Å². The van der Waals surface area contributed by atoms with E-state index in [1.807, 2.05) is 22.7 Å². The van der Waals surface area contributed by atoms with Crippen LogP contribution in [0.2, 0.25) is 0 Å². The van der Waals surface area contributed by atoms with Crippen molar-refractivity contribution in [3.05, 3.63) is 78.2 Å². The number of hydrogen-bond acceptors (Lipinski definition) is 3. The summed E-state index contributed by atoms with van der Waals surface area (Å²) >= 11 is 3.73. The number of benzene rings is 4. The van der Waals surface area contributed by atoms with Crippen LogP contribution in [0.4, 0.5) is 5.69 Å². The molecule has 2 heterocycles. The molecule has 1 nitrogen and oxygen atoms in total. The molecule has 6 rings (SSSR count). The van der Waals surface area contributed by atoms with E-state index in [-0.39, 0.29) is 0 Å². The molecule has 176 valence electrons. The molecule has 0 atom stereocenters. The van der Waals surface area contributed by atoms with Crippen LogP contribution >= 0.6 is 22.7 Å². The molecule has 35 heavy (non-hydrogen) atoms. The quantitative estimate of drug-likeness (QED) is 0.156. The van der Waals surface area contributed by atoms with Crippen LogP contribution in [0.5, 0.6) is 0 Å². The lowest BCUT2D eigenvalue weighted by Crippen LogP contribution is -2.01. The Kier molecular flexibility index (Phi) is 6.45. The summed E-state index contributed by atoms with van der Waals surface area (Å²) < 4.78 is 2.72. The third-order valence-corrected chi connectivity index (χ3v) is 9.08. The maximum atomic E-state index is 3.64. The van der Waals surface area contributed by atoms with Crippen LogP contribution in [0.25, 0.3) is 52.2 Å². The van der Waals surface area contributed by atoms with E-state index in [4.69, 9.17) is 0 Å². The summed E-state index contributed by atoms with van der Waals surface area (Å²) in [6.45, 7) is 3.33. The Bertz CT molecular complexity index is 1620. The van der Waals surface area contributed by atoms with Crippen LogP contribution in [-0.2, 0) is 0 Å². The van der Waals surface area contributed by atoms with Gasteiger partial charge in [-0.25, -0.2) is 0 Å². The molecule has 0 saturated heterocycles. The number of nitrogens with one attached hydrogen (secondary N) is 1. The van der Waals surface area contributed by atoms with Gasteiger partial charge in [0.15, 0.2) is 0 Å². The van der Waals surface area contributed by atoms with Gasteiger partial charge in [-0.1, -0.05) is 63.3 Å². The maximum Gasteiger partial charge on any atom is 0.0356 e. The molecule has 6 aromatic rings. The van der Waals surface area contributed by atoms with Gasteiger partial charge in [-0.2, -0.15) is 0 Å². The van der Waals surface area contributed by atoms with E-state index in [2.05, 4.69) is 90.4 Å². The summed E-state index contributed by atoms with van der Waals surface area (Å²) in [5.74, 6) is 0. The highest BCUT2D eigenvalue weighted by Gasteiger charge is 2.10. The fourth-order valence-corrected chi connectivity index (χ4v) is 7.01. The first kappa shape index (κ1) is 22.6. The minimum Gasteiger partial charge on any atom is -0.385 e. The first-order valence-electron chi connectivity index (χ1n) is 12.9. The monoisotopic (exact) mass is 493 g/mol. The van der Waals surface area contributed by atoms with Gasteiger partial charge in [0.05, 0.1) is 0 Å². The first-order chi connectivity index (χ1) is 17.3. The molecular weight excluding hydrogens is 462 g/mol. The zero-order valence-electron chi connectivity index (χ0n) is 20.3. The lowest BCUT2D eigenvalue weighted by Gasteiger charge is -2.08. The van der Waals surface area contributed by atoms with E-state index < -0.39 is 0 Å². The van der Waals surface area contributed by atoms with Crippen LogP contribution in [0.15, 0.2) is 78.2 Å². The largest absolute Gasteiger partial charge is 0.385 e. The van der Waals surface area contributed by atoms with E-state index in [1.165, 1.54) is 96.4 Å². The Morgan fingerprint density at radius 3 is 2.29 bits per heavy atom. The summed E-state index contributed by atoms with van der Waals surface area (Å²) in [6, 6.07) is 27.5. The van der Waals surface area contributed by atoms with Gasteiger partial charge in [-0.05, 0) is 98.2 Å². The molecule has 0 amide bonds. The van der Waals surface area contributed by atoms with Gasteiger partial charge < -0.3 is 5.32 Å². The van der Waals surface area contributed by atoms with E-state index in [0.29, 0.717) is 0 Å². The number of anilines is 1. The number of unbranched alkanes of at least 4 members (excludes halogenated alkanes) is 5. The highest BCUT2D eigenvalue weighted by Crippen LogP contribution is 2.39. The van der Waals surface area contributed by atoms with Crippen molar-refractivity contribution in [2.75, 3.05) is 11.9 Å². The Hall–Kier alpha value is -2.88. The Morgan fingerprint density at radius 1 is 0.657 bits per heavy atom. The maximum absolute atomic E-state index is 3.64. The Balaban J connectivity index is 1.27. The van der Waals surface area contributed by atoms with Gasteiger partial charge in [0, 0.05) is 26.5 Å². The van der Waals surface area contributed by atoms with Crippen molar-refractivity contribution >= 4 is 70.1 Å². The lowest BCUT2D eigenvalue weighted by molar-refractivity contribution is 0.617. The predicted octanol–water partition coefficient (Wildman–Crippen LogP) is 10.9. The lowest BCUT2D eigenvalue weighted by atomic mass is 10.00. The standard InChI is InChI=1S/C32H31NS2/c1-2-3-4-5-6-7-14-33-27-10-8-9-24(18-27)31-19-26-17-23-12-11-22-16-25-13-15-34-30(25)20-28(22)29(23)21-32(26)35-31/h8-13,15-21,33H,2-7,14H2,1H3. The van der Waals surface area contributed by atoms with Gasteiger partial charge in [-0.3, -0.25) is 0 Å². The highest BCUT2D eigenvalue weighted by molar-refractivity contribution is 7.22. The SMILES string of the molecule is CCCCCCCCNc1cccc(-c2cc3cc4ccc5cc6ccsc6cc5c4cc3s2)c1. The molecule has 1 N–H and O–H groups in total. The second-order valence-corrected chi connectivity index (χ2v) is 11.6. The van der Waals surface area contributed by atoms with Crippen molar-refractivity contribution in [2.45, 2.75) is 45.4 Å². The van der Waals surface area contributed by atoms with Gasteiger partial charge in [0.2, 0.25) is 0 Å². The molecule has 0 spiro atoms. The molecule has 0 radical (unpaired) electrons. The van der Waals surface area contributed by atoms with E-state index in [9.17, 15) is 0 Å². The molecule has 0 bridgehead atoms. The molecular formula is C32H31NS2. The third kappa shape index (κ3) is 4.68. The predicted molar refractivity (Wildman–Crippen MR) is 160 cm³/mol. The molecule has 0 fully saturated rings. The molecule has 0 aliphatic carbocycles. The smallest absolute Gasteiger partial charge is 0.0356 e. The summed E-state index contributed by atoms with van der Waals surface area (Å²) in [6.07, 6.45) is 7.99. The van der Waals surface area contributed by atoms with Crippen molar-refractivity contribution in [1.29, 1.82) is 0 Å². The molecule has 0 saturated carbocycles. The fourth-order valence-electron chi connectivity index (χ4n) is 5.12. The second-order valence-electron chi connectivity index (χ2n) is 9.59. The summed E-state index contributed by atoms with van der Waals surface area (Å²) in [5, 5.41) is 13.9. The number of hydrogen-bond donors (Lipinski definition) is 1. The zero-order chi connectivity index (χ0) is 23.6. The number of fused-ring (bicyclic) bond motifs is 5. The van der Waals surface area contributed by atoms with Crippen LogP contribution in [0.1, 0.15) is 45.4 Å². The normalized spacial score (nSPS) is 11.8. The zero-order valence-corrected chi connectivity index (χ0v) is 21.9. The van der Waals surface area contributed by atoms with Gasteiger partial charge in [-0.15, -0.1) is 22.7 Å². The molecule has 0 unspecified atom stereocenters. The van der Waals surface area contributed by atoms with E-state index in [1.54, 1.807) is 0 Å². The van der Waals surface area contributed by atoms with Crippen molar-refractivity contribution in [2.24, 2.45) is 0 Å². The summed E-state index contributed by atoms with van der Waals surface area (Å²) in [4.78, 5) is 1.34. The molecule has 0 aliphatic heterocycles. The molecule has 2 aromatic heterocycles. The summed E-state index contributed by atoms with van der Waals surface area (Å²) in [5.41, 5.74) is 2.53. The van der Waals surface area contributed by atoms with Crippen molar-refractivity contribution in [3.8, 4) is 10.4 Å². The second kappa shape index (κ2) is 10.0. The van der Waals surface area contributed by atoms with Crippen LogP contribution in [0, 0.1) is 0 Å². The first-order valence-corrected chi connectivity index (χ1v) is 14.6. The van der Waals surface area contributed by atoms with Gasteiger partial charge in [0.1, 0.15) is 0 Å². The van der Waals surface area contributed by atoms with Crippen LogP contribution in [-0.4, -0.2) is 6.54 Å². The molecule has 3 heteroatoms. The topological polar surface area (TPSA) is 12.0 Å². The van der Waals surface area contributed by atoms with E-state index in [0.717, 1.165) is 6.54 Å². The fraction of sp³-hybridized carbons (Fsp3) is 0.250. The highest BCUT2D eigenvalue weighted by atomic mass is 32.1. The van der Waals surface area contributed by atoms with Crippen molar-refractivity contribution in [3.63, 3.8) is 0 Å². The van der Waals surface area contributed by atoms with Crippen LogP contribution in [0.3, 0.4) is 0 Å². The number of rotatable bonds is 9. The summed E-state index contributed by atoms with van der Waals surface area (Å²) in [7, 11) is 0. The minimum atomic E-state index is 1.05. The van der Waals surface area contributed by atoms with Gasteiger partial charge >= 0.3 is 0 Å². The van der Waals surface area contributed by atoms with Gasteiger partial charge in [0.25, 0.3) is 0 Å². The average molecular weight is 494 g/mol. The van der Waals surface area contributed by atoms with Crippen molar-refractivity contribution < 1.29 is 0 Å². The molecule has 0 aliphatic rings. The number of thiophene rings is 2. The Morgan fingerprint density at radius 2 is 1.43 bits per heavy atom.